The van der Waals surface area contributed by atoms with E-state index in [1.54, 1.807) is 18.2 Å². The molecule has 182 valence electrons. The molecular weight excluding hydrogens is 463 g/mol. The van der Waals surface area contributed by atoms with E-state index < -0.39 is 23.2 Å². The number of hydrogen-bond acceptors (Lipinski definition) is 6. The molecule has 0 radical (unpaired) electrons. The minimum absolute atomic E-state index is 0.000195. The number of halogens is 3. The highest BCUT2D eigenvalue weighted by Crippen LogP contribution is 2.32. The second kappa shape index (κ2) is 10.3. The van der Waals surface area contributed by atoms with Gasteiger partial charge < -0.3 is 14.6 Å². The first-order valence-corrected chi connectivity index (χ1v) is 10.4. The molecular formula is C25H22F3N3O4. The van der Waals surface area contributed by atoms with Crippen LogP contribution in [0.4, 0.5) is 18.9 Å². The molecule has 7 nitrogen and oxygen atoms in total. The number of aromatic hydroxyl groups is 1. The van der Waals surface area contributed by atoms with Gasteiger partial charge in [-0.1, -0.05) is 12.1 Å². The Hall–Kier alpha value is -4.26. The number of benzene rings is 2. The first-order valence-electron chi connectivity index (χ1n) is 10.4. The van der Waals surface area contributed by atoms with Crippen molar-refractivity contribution in [2.24, 2.45) is 4.99 Å². The molecule has 2 aromatic carbocycles. The molecule has 0 bridgehead atoms. The van der Waals surface area contributed by atoms with Crippen molar-refractivity contribution in [1.82, 2.24) is 4.57 Å². The maximum absolute atomic E-state index is 13.0. The summed E-state index contributed by atoms with van der Waals surface area (Å²) in [7, 11) is 3.00. The molecule has 0 saturated carbocycles. The Balaban J connectivity index is 1.99. The van der Waals surface area contributed by atoms with Gasteiger partial charge in [0.05, 0.1) is 31.0 Å². The maximum Gasteiger partial charge on any atom is 0.416 e. The number of ether oxygens (including phenoxy) is 2. The summed E-state index contributed by atoms with van der Waals surface area (Å²) in [5.41, 5.74) is -0.725. The summed E-state index contributed by atoms with van der Waals surface area (Å²) in [5, 5.41) is 20.3. The predicted molar refractivity (Wildman–Crippen MR) is 124 cm³/mol. The summed E-state index contributed by atoms with van der Waals surface area (Å²) in [6, 6.07) is 11.4. The highest BCUT2D eigenvalue weighted by atomic mass is 19.4. The van der Waals surface area contributed by atoms with Crippen molar-refractivity contribution >= 4 is 11.9 Å². The third-order valence-corrected chi connectivity index (χ3v) is 5.43. The van der Waals surface area contributed by atoms with E-state index >= 15 is 0 Å². The standard InChI is InChI=1S/C25H22F3N3O4/c1-15-19(13-29)23(32)31(10-9-16-7-8-21(34-2)22(11-16)35-3)24(33)20(15)14-30-18-6-4-5-17(12-18)25(26,27)28/h4-8,11-12,14,33H,9-10H2,1-3H3. The molecule has 3 rings (SSSR count). The fraction of sp³-hybridized carbons (Fsp3) is 0.240. The van der Waals surface area contributed by atoms with Crippen LogP contribution in [0.2, 0.25) is 0 Å². The van der Waals surface area contributed by atoms with Crippen molar-refractivity contribution in [2.45, 2.75) is 26.1 Å². The molecule has 0 fully saturated rings. The van der Waals surface area contributed by atoms with Crippen LogP contribution in [0.25, 0.3) is 0 Å². The maximum atomic E-state index is 13.0. The average molecular weight is 485 g/mol. The lowest BCUT2D eigenvalue weighted by molar-refractivity contribution is -0.137. The number of aromatic nitrogens is 1. The average Bonchev–Trinajstić information content (AvgIpc) is 2.83. The summed E-state index contributed by atoms with van der Waals surface area (Å²) in [6.07, 6.45) is -3.08. The number of nitrogens with zero attached hydrogens (tertiary/aromatic N) is 3. The monoisotopic (exact) mass is 485 g/mol. The molecule has 35 heavy (non-hydrogen) atoms. The zero-order chi connectivity index (χ0) is 25.8. The van der Waals surface area contributed by atoms with Gasteiger partial charge in [0.1, 0.15) is 11.6 Å². The zero-order valence-electron chi connectivity index (χ0n) is 19.2. The van der Waals surface area contributed by atoms with E-state index in [0.717, 1.165) is 28.5 Å². The summed E-state index contributed by atoms with van der Waals surface area (Å²) < 4.78 is 50.5. The van der Waals surface area contributed by atoms with Crippen LogP contribution in [-0.4, -0.2) is 30.1 Å². The molecule has 0 unspecified atom stereocenters. The van der Waals surface area contributed by atoms with Gasteiger partial charge in [0, 0.05) is 12.8 Å². The van der Waals surface area contributed by atoms with Crippen LogP contribution in [0.1, 0.15) is 27.8 Å². The highest BCUT2D eigenvalue weighted by molar-refractivity contribution is 5.87. The number of hydrogen-bond donors (Lipinski definition) is 1. The van der Waals surface area contributed by atoms with E-state index in [2.05, 4.69) is 4.99 Å². The smallest absolute Gasteiger partial charge is 0.416 e. The molecule has 0 atom stereocenters. The van der Waals surface area contributed by atoms with Gasteiger partial charge in [0.2, 0.25) is 5.88 Å². The van der Waals surface area contributed by atoms with E-state index in [-0.39, 0.29) is 28.9 Å². The molecule has 0 aliphatic heterocycles. The normalized spacial score (nSPS) is 11.5. The first-order chi connectivity index (χ1) is 16.6. The molecule has 1 aromatic heterocycles. The van der Waals surface area contributed by atoms with Crippen LogP contribution in [0.3, 0.4) is 0 Å². The van der Waals surface area contributed by atoms with Gasteiger partial charge in [-0.3, -0.25) is 14.4 Å². The summed E-state index contributed by atoms with van der Waals surface area (Å²) in [5.74, 6) is 0.589. The van der Waals surface area contributed by atoms with Gasteiger partial charge >= 0.3 is 6.18 Å². The van der Waals surface area contributed by atoms with Crippen molar-refractivity contribution in [1.29, 1.82) is 5.26 Å². The minimum Gasteiger partial charge on any atom is -0.494 e. The van der Waals surface area contributed by atoms with Crippen molar-refractivity contribution in [3.8, 4) is 23.4 Å². The SMILES string of the molecule is COc1ccc(CCn2c(O)c(C=Nc3cccc(C(F)(F)F)c3)c(C)c(C#N)c2=O)cc1OC. The van der Waals surface area contributed by atoms with Gasteiger partial charge in [-0.05, 0) is 54.8 Å². The fourth-order valence-electron chi connectivity index (χ4n) is 3.51. The number of aryl methyl sites for hydroxylation is 1. The van der Waals surface area contributed by atoms with Crippen LogP contribution in [0.5, 0.6) is 17.4 Å². The van der Waals surface area contributed by atoms with E-state index in [4.69, 9.17) is 9.47 Å². The lowest BCUT2D eigenvalue weighted by Gasteiger charge is -2.15. The molecule has 0 spiro atoms. The molecule has 1 heterocycles. The number of rotatable bonds is 7. The summed E-state index contributed by atoms with van der Waals surface area (Å²) in [4.78, 5) is 16.9. The molecule has 0 aliphatic carbocycles. The van der Waals surface area contributed by atoms with Gasteiger partial charge in [-0.15, -0.1) is 0 Å². The third kappa shape index (κ3) is 5.46. The largest absolute Gasteiger partial charge is 0.494 e. The third-order valence-electron chi connectivity index (χ3n) is 5.43. The second-order valence-corrected chi connectivity index (χ2v) is 7.55. The predicted octanol–water partition coefficient (Wildman–Crippen LogP) is 4.76. The van der Waals surface area contributed by atoms with Gasteiger partial charge in [-0.25, -0.2) is 0 Å². The van der Waals surface area contributed by atoms with E-state index in [1.165, 1.54) is 33.3 Å². The molecule has 3 aromatic rings. The Bertz CT molecular complexity index is 1370. The first kappa shape index (κ1) is 25.4. The number of methoxy groups -OCH3 is 2. The van der Waals surface area contributed by atoms with Crippen LogP contribution in [-0.2, 0) is 19.1 Å². The molecule has 0 amide bonds. The van der Waals surface area contributed by atoms with Gasteiger partial charge in [-0.2, -0.15) is 18.4 Å². The summed E-state index contributed by atoms with van der Waals surface area (Å²) in [6.45, 7) is 1.49. The number of alkyl halides is 3. The zero-order valence-corrected chi connectivity index (χ0v) is 19.2. The Morgan fingerprint density at radius 1 is 1.14 bits per heavy atom. The van der Waals surface area contributed by atoms with Crippen molar-refractivity contribution in [2.75, 3.05) is 14.2 Å². The lowest BCUT2D eigenvalue weighted by atomic mass is 10.1. The van der Waals surface area contributed by atoms with E-state index in [0.29, 0.717) is 17.9 Å². The Morgan fingerprint density at radius 2 is 1.86 bits per heavy atom. The van der Waals surface area contributed by atoms with Crippen LogP contribution < -0.4 is 15.0 Å². The molecule has 0 saturated heterocycles. The Morgan fingerprint density at radius 3 is 2.49 bits per heavy atom. The van der Waals surface area contributed by atoms with Crippen molar-refractivity contribution < 1.29 is 27.8 Å². The number of aliphatic imine (C=N–C) groups is 1. The highest BCUT2D eigenvalue weighted by Gasteiger charge is 2.30. The molecule has 0 aliphatic rings. The molecule has 1 N–H and O–H groups in total. The van der Waals surface area contributed by atoms with Crippen LogP contribution in [0.15, 0.2) is 52.3 Å². The fourth-order valence-corrected chi connectivity index (χ4v) is 3.51. The Labute approximate surface area is 199 Å². The number of pyridine rings is 1. The van der Waals surface area contributed by atoms with Gasteiger partial charge in [0.15, 0.2) is 11.5 Å². The van der Waals surface area contributed by atoms with Crippen LogP contribution in [0, 0.1) is 18.3 Å². The Kier molecular flexibility index (Phi) is 7.49. The van der Waals surface area contributed by atoms with Crippen LogP contribution >= 0.6 is 0 Å². The summed E-state index contributed by atoms with van der Waals surface area (Å²) >= 11 is 0. The van der Waals surface area contributed by atoms with Crippen molar-refractivity contribution in [3.05, 3.63) is 80.6 Å². The minimum atomic E-state index is -4.53. The lowest BCUT2D eigenvalue weighted by Crippen LogP contribution is -2.26. The van der Waals surface area contributed by atoms with Crippen molar-refractivity contribution in [3.63, 3.8) is 0 Å². The number of nitriles is 1. The van der Waals surface area contributed by atoms with E-state index in [1.807, 2.05) is 6.07 Å². The topological polar surface area (TPSA) is 96.8 Å². The second-order valence-electron chi connectivity index (χ2n) is 7.55. The van der Waals surface area contributed by atoms with E-state index in [9.17, 15) is 28.3 Å². The quantitative estimate of drug-likeness (QED) is 0.487. The molecule has 10 heteroatoms. The van der Waals surface area contributed by atoms with Gasteiger partial charge in [0.25, 0.3) is 5.56 Å².